The van der Waals surface area contributed by atoms with E-state index in [9.17, 15) is 46.0 Å². The van der Waals surface area contributed by atoms with E-state index in [1.165, 1.54) is 0 Å². The number of hydrogen-bond donors (Lipinski definition) is 9. The Morgan fingerprint density at radius 2 is 1.48 bits per heavy atom. The molecule has 20 atom stereocenters. The van der Waals surface area contributed by atoms with Gasteiger partial charge in [0.25, 0.3) is 0 Å². The van der Waals surface area contributed by atoms with Crippen LogP contribution in [0.1, 0.15) is 107 Å². The maximum absolute atomic E-state index is 12.5. The molecule has 6 aliphatic rings. The number of aliphatic hydroxyl groups is 9. The zero-order chi connectivity index (χ0) is 39.9. The first-order valence-electron chi connectivity index (χ1n) is 20.4. The van der Waals surface area contributed by atoms with Gasteiger partial charge in [-0.3, -0.25) is 0 Å². The molecule has 2 heterocycles. The number of allylic oxidation sites excluding steroid dienone is 2. The highest BCUT2D eigenvalue weighted by Gasteiger charge is 2.74. The summed E-state index contributed by atoms with van der Waals surface area (Å²) in [5.74, 6) is -0.597. The van der Waals surface area contributed by atoms with E-state index in [-0.39, 0.29) is 30.3 Å². The SMILES string of the molecule is CC(C)=CCC[C@](C)(O[C@@H]1OC[C@H](O)[C@H](O)[C@H]1O)[C@H]1CC[C@]2(C)[C@@H]1[C@H](O)C[C@@H]1[C@@]3(C)CC[C@H](O)C(C)(C)[C@@H]3[C@@H](O[C@@H]3O[C@H](CO)[C@@H](O)[C@H](O)[C@H]3O)C[C@]12C. The molecule has 2 aliphatic heterocycles. The van der Waals surface area contributed by atoms with Crippen LogP contribution in [0.5, 0.6) is 0 Å². The van der Waals surface area contributed by atoms with Crippen LogP contribution in [0, 0.1) is 45.3 Å². The van der Waals surface area contributed by atoms with Crippen molar-refractivity contribution in [2.75, 3.05) is 13.2 Å². The molecule has 4 saturated carbocycles. The molecule has 2 saturated heterocycles. The van der Waals surface area contributed by atoms with Crippen LogP contribution in [0.15, 0.2) is 11.6 Å². The third kappa shape index (κ3) is 6.76. The summed E-state index contributed by atoms with van der Waals surface area (Å²) in [5.41, 5.74) is -1.66. The van der Waals surface area contributed by atoms with Crippen LogP contribution in [-0.2, 0) is 18.9 Å². The average Bonchev–Trinajstić information content (AvgIpc) is 3.48. The number of hydrogen-bond acceptors (Lipinski definition) is 13. The third-order valence-electron chi connectivity index (χ3n) is 16.2. The van der Waals surface area contributed by atoms with Crippen molar-refractivity contribution in [3.8, 4) is 0 Å². The summed E-state index contributed by atoms with van der Waals surface area (Å²) >= 11 is 0. The fourth-order valence-electron chi connectivity index (χ4n) is 13.2. The molecule has 0 bridgehead atoms. The molecule has 312 valence electrons. The Kier molecular flexibility index (Phi) is 12.0. The van der Waals surface area contributed by atoms with Gasteiger partial charge in [0.1, 0.15) is 42.7 Å². The Bertz CT molecular complexity index is 1360. The second-order valence-electron chi connectivity index (χ2n) is 19.8. The van der Waals surface area contributed by atoms with Gasteiger partial charge in [0.15, 0.2) is 12.6 Å². The molecule has 0 aromatic rings. The quantitative estimate of drug-likeness (QED) is 0.121. The Labute approximate surface area is 320 Å². The molecule has 54 heavy (non-hydrogen) atoms. The van der Waals surface area contributed by atoms with Crippen molar-refractivity contribution in [2.24, 2.45) is 45.3 Å². The second kappa shape index (κ2) is 15.1. The fraction of sp³-hybridized carbons (Fsp3) is 0.951. The maximum atomic E-state index is 12.5. The summed E-state index contributed by atoms with van der Waals surface area (Å²) in [7, 11) is 0. The number of aliphatic hydroxyl groups excluding tert-OH is 9. The van der Waals surface area contributed by atoms with E-state index in [0.29, 0.717) is 38.5 Å². The van der Waals surface area contributed by atoms with E-state index in [1.807, 2.05) is 34.6 Å². The molecule has 0 amide bonds. The van der Waals surface area contributed by atoms with Crippen LogP contribution in [0.25, 0.3) is 0 Å². The summed E-state index contributed by atoms with van der Waals surface area (Å²) in [4.78, 5) is 0. The highest BCUT2D eigenvalue weighted by atomic mass is 16.7. The Morgan fingerprint density at radius 3 is 2.13 bits per heavy atom. The van der Waals surface area contributed by atoms with Crippen molar-refractivity contribution >= 4 is 0 Å². The standard InChI is InChI=1S/C41H70O13/c1-20(2)10-9-13-41(8,54-35-32(49)29(46)23(44)19-51-35)21-11-15-39(6)28(21)22(43)16-26-38(5)14-12-27(45)37(3,4)34(38)24(17-40(26,39)7)52-36-33(50)31(48)30(47)25(18-42)53-36/h10,21-36,42-50H,9,11-19H2,1-8H3/t21-,22+,23-,24-,25+,26+,27-,28-,29-,30+,31-,32+,33+,34-,35-,36+,38+,39+,40+,41-/m0/s1. The van der Waals surface area contributed by atoms with Crippen molar-refractivity contribution in [2.45, 2.75) is 186 Å². The highest BCUT2D eigenvalue weighted by molar-refractivity contribution is 5.22. The lowest BCUT2D eigenvalue weighted by molar-refractivity contribution is -0.348. The lowest BCUT2D eigenvalue weighted by Crippen LogP contribution is -2.71. The molecule has 6 rings (SSSR count). The largest absolute Gasteiger partial charge is 0.394 e. The van der Waals surface area contributed by atoms with Crippen LogP contribution in [0.4, 0.5) is 0 Å². The Hall–Kier alpha value is -0.780. The van der Waals surface area contributed by atoms with Crippen LogP contribution in [0.2, 0.25) is 0 Å². The van der Waals surface area contributed by atoms with Gasteiger partial charge in [-0.2, -0.15) is 0 Å². The van der Waals surface area contributed by atoms with Gasteiger partial charge < -0.3 is 64.9 Å². The highest BCUT2D eigenvalue weighted by Crippen LogP contribution is 2.76. The Balaban J connectivity index is 1.39. The van der Waals surface area contributed by atoms with Crippen molar-refractivity contribution in [3.05, 3.63) is 11.6 Å². The molecule has 0 radical (unpaired) electrons. The van der Waals surface area contributed by atoms with E-state index in [1.54, 1.807) is 0 Å². The van der Waals surface area contributed by atoms with Crippen molar-refractivity contribution in [3.63, 3.8) is 0 Å². The molecule has 0 aromatic heterocycles. The molecular formula is C41H70O13. The summed E-state index contributed by atoms with van der Waals surface area (Å²) in [5, 5.41) is 98.0. The molecule has 0 aromatic carbocycles. The molecule has 13 nitrogen and oxygen atoms in total. The van der Waals surface area contributed by atoms with E-state index < -0.39 is 107 Å². The van der Waals surface area contributed by atoms with Crippen molar-refractivity contribution < 1.29 is 64.9 Å². The normalized spacial score (nSPS) is 52.8. The predicted molar refractivity (Wildman–Crippen MR) is 196 cm³/mol. The van der Waals surface area contributed by atoms with Crippen LogP contribution in [0.3, 0.4) is 0 Å². The second-order valence-corrected chi connectivity index (χ2v) is 19.8. The van der Waals surface area contributed by atoms with E-state index in [0.717, 1.165) is 18.4 Å². The lowest BCUT2D eigenvalue weighted by Gasteiger charge is -2.72. The first-order valence-corrected chi connectivity index (χ1v) is 20.4. The zero-order valence-electron chi connectivity index (χ0n) is 33.5. The molecule has 0 spiro atoms. The summed E-state index contributed by atoms with van der Waals surface area (Å²) in [6.07, 6.45) is -7.08. The topological polar surface area (TPSA) is 219 Å². The minimum atomic E-state index is -1.59. The van der Waals surface area contributed by atoms with Crippen LogP contribution in [-0.4, -0.2) is 138 Å². The lowest BCUT2D eigenvalue weighted by atomic mass is 9.34. The van der Waals surface area contributed by atoms with Gasteiger partial charge in [0.2, 0.25) is 0 Å². The molecule has 0 unspecified atom stereocenters. The average molecular weight is 771 g/mol. The van der Waals surface area contributed by atoms with Crippen molar-refractivity contribution in [1.29, 1.82) is 0 Å². The molecule has 13 heteroatoms. The number of rotatable bonds is 9. The maximum Gasteiger partial charge on any atom is 0.186 e. The van der Waals surface area contributed by atoms with Gasteiger partial charge in [-0.1, -0.05) is 46.3 Å². The predicted octanol–water partition coefficient (Wildman–Crippen LogP) is 1.76. The van der Waals surface area contributed by atoms with Gasteiger partial charge in [-0.05, 0) is 117 Å². The van der Waals surface area contributed by atoms with E-state index in [2.05, 4.69) is 26.8 Å². The van der Waals surface area contributed by atoms with Gasteiger partial charge in [0.05, 0.1) is 37.1 Å². The number of ether oxygens (including phenoxy) is 4. The smallest absolute Gasteiger partial charge is 0.186 e. The van der Waals surface area contributed by atoms with Crippen LogP contribution >= 0.6 is 0 Å². The van der Waals surface area contributed by atoms with Crippen LogP contribution < -0.4 is 0 Å². The summed E-state index contributed by atoms with van der Waals surface area (Å²) < 4.78 is 25.3. The minimum absolute atomic E-state index is 0.0319. The monoisotopic (exact) mass is 770 g/mol. The van der Waals surface area contributed by atoms with E-state index >= 15 is 0 Å². The minimum Gasteiger partial charge on any atom is -0.394 e. The zero-order valence-corrected chi connectivity index (χ0v) is 33.5. The van der Waals surface area contributed by atoms with Gasteiger partial charge in [-0.25, -0.2) is 0 Å². The number of fused-ring (bicyclic) bond motifs is 5. The fourth-order valence-corrected chi connectivity index (χ4v) is 13.2. The molecular weight excluding hydrogens is 700 g/mol. The third-order valence-corrected chi connectivity index (χ3v) is 16.2. The van der Waals surface area contributed by atoms with Crippen molar-refractivity contribution in [1.82, 2.24) is 0 Å². The first-order chi connectivity index (χ1) is 25.1. The first kappa shape index (κ1) is 42.8. The molecule has 6 fully saturated rings. The molecule has 9 N–H and O–H groups in total. The van der Waals surface area contributed by atoms with E-state index in [4.69, 9.17) is 18.9 Å². The van der Waals surface area contributed by atoms with Gasteiger partial charge in [0, 0.05) is 0 Å². The molecule has 4 aliphatic carbocycles. The van der Waals surface area contributed by atoms with Gasteiger partial charge >= 0.3 is 0 Å². The van der Waals surface area contributed by atoms with Gasteiger partial charge in [-0.15, -0.1) is 0 Å². The Morgan fingerprint density at radius 1 is 0.815 bits per heavy atom. The summed E-state index contributed by atoms with van der Waals surface area (Å²) in [6.45, 7) is 16.3. The summed E-state index contributed by atoms with van der Waals surface area (Å²) in [6, 6.07) is 0.